The van der Waals surface area contributed by atoms with Gasteiger partial charge in [-0.05, 0) is 24.3 Å². The number of hydrogen-bond donors (Lipinski definition) is 2. The van der Waals surface area contributed by atoms with Gasteiger partial charge in [-0.1, -0.05) is 0 Å². The van der Waals surface area contributed by atoms with Gasteiger partial charge in [-0.2, -0.15) is 0 Å². The lowest BCUT2D eigenvalue weighted by Crippen LogP contribution is -1.93. The maximum atomic E-state index is 5.46. The van der Waals surface area contributed by atoms with Crippen molar-refractivity contribution in [2.24, 2.45) is 11.5 Å². The second-order valence-corrected chi connectivity index (χ2v) is 3.32. The molecule has 4 nitrogen and oxygen atoms in total. The first-order valence-electron chi connectivity index (χ1n) is 4.87. The van der Waals surface area contributed by atoms with E-state index >= 15 is 0 Å². The zero-order chi connectivity index (χ0) is 10.7. The molecule has 2 aromatic heterocycles. The molecule has 0 saturated carbocycles. The third-order valence-electron chi connectivity index (χ3n) is 2.19. The van der Waals surface area contributed by atoms with Gasteiger partial charge in [0, 0.05) is 0 Å². The van der Waals surface area contributed by atoms with Gasteiger partial charge >= 0.3 is 0 Å². The molecule has 80 valence electrons. The van der Waals surface area contributed by atoms with Crippen molar-refractivity contribution in [2.75, 3.05) is 0 Å². The van der Waals surface area contributed by atoms with Crippen LogP contribution in [-0.2, 0) is 19.5 Å². The van der Waals surface area contributed by atoms with Crippen molar-refractivity contribution >= 4 is 0 Å². The van der Waals surface area contributed by atoms with Crippen molar-refractivity contribution in [3.8, 4) is 0 Å². The molecule has 4 N–H and O–H groups in total. The van der Waals surface area contributed by atoms with Crippen LogP contribution in [0.15, 0.2) is 33.1 Å². The molecule has 0 unspecified atom stereocenters. The van der Waals surface area contributed by atoms with Crippen molar-refractivity contribution in [3.05, 3.63) is 47.3 Å². The molecule has 0 bridgehead atoms. The number of furan rings is 2. The lowest BCUT2D eigenvalue weighted by Gasteiger charge is -1.93. The van der Waals surface area contributed by atoms with E-state index in [9.17, 15) is 0 Å². The zero-order valence-electron chi connectivity index (χ0n) is 8.40. The third-order valence-corrected chi connectivity index (χ3v) is 2.19. The quantitative estimate of drug-likeness (QED) is 0.792. The molecule has 15 heavy (non-hydrogen) atoms. The highest BCUT2D eigenvalue weighted by molar-refractivity contribution is 5.15. The maximum Gasteiger partial charge on any atom is 0.117 e. The first-order chi connectivity index (χ1) is 7.31. The molecule has 2 heterocycles. The Morgan fingerprint density at radius 2 is 1.13 bits per heavy atom. The molecule has 0 aliphatic rings. The Morgan fingerprint density at radius 3 is 1.47 bits per heavy atom. The highest BCUT2D eigenvalue weighted by atomic mass is 16.4. The highest BCUT2D eigenvalue weighted by Gasteiger charge is 2.05. The lowest BCUT2D eigenvalue weighted by molar-refractivity contribution is 0.435. The van der Waals surface area contributed by atoms with E-state index in [4.69, 9.17) is 20.3 Å². The second kappa shape index (κ2) is 4.33. The Hall–Kier alpha value is -1.52. The van der Waals surface area contributed by atoms with Crippen LogP contribution in [0.2, 0.25) is 0 Å². The third kappa shape index (κ3) is 2.29. The van der Waals surface area contributed by atoms with Gasteiger partial charge < -0.3 is 20.3 Å². The van der Waals surface area contributed by atoms with Gasteiger partial charge in [-0.25, -0.2) is 0 Å². The fourth-order valence-electron chi connectivity index (χ4n) is 1.43. The van der Waals surface area contributed by atoms with E-state index in [0.29, 0.717) is 19.5 Å². The Kier molecular flexibility index (Phi) is 2.89. The minimum Gasteiger partial charge on any atom is -0.464 e. The largest absolute Gasteiger partial charge is 0.464 e. The molecule has 0 saturated heterocycles. The van der Waals surface area contributed by atoms with E-state index in [1.807, 2.05) is 24.3 Å². The molecule has 0 aliphatic carbocycles. The summed E-state index contributed by atoms with van der Waals surface area (Å²) in [6.07, 6.45) is 0.639. The Bertz CT molecular complexity index is 391. The van der Waals surface area contributed by atoms with E-state index in [1.165, 1.54) is 0 Å². The number of nitrogens with two attached hydrogens (primary N) is 2. The summed E-state index contributed by atoms with van der Waals surface area (Å²) in [5.41, 5.74) is 10.9. The van der Waals surface area contributed by atoms with Crippen molar-refractivity contribution in [1.29, 1.82) is 0 Å². The minimum atomic E-state index is 0.423. The van der Waals surface area contributed by atoms with Crippen LogP contribution < -0.4 is 11.5 Å². The molecular weight excluding hydrogens is 192 g/mol. The monoisotopic (exact) mass is 206 g/mol. The van der Waals surface area contributed by atoms with E-state index in [-0.39, 0.29) is 0 Å². The molecule has 0 radical (unpaired) electrons. The number of hydrogen-bond acceptors (Lipinski definition) is 4. The molecule has 0 spiro atoms. The fraction of sp³-hybridized carbons (Fsp3) is 0.273. The molecule has 0 aromatic carbocycles. The average Bonchev–Trinajstić information content (AvgIpc) is 2.87. The molecule has 4 heteroatoms. The Morgan fingerprint density at radius 1 is 0.733 bits per heavy atom. The summed E-state index contributed by atoms with van der Waals surface area (Å²) in [4.78, 5) is 0. The summed E-state index contributed by atoms with van der Waals surface area (Å²) < 4.78 is 10.9. The van der Waals surface area contributed by atoms with E-state index in [0.717, 1.165) is 23.0 Å². The predicted molar refractivity (Wildman–Crippen MR) is 56.0 cm³/mol. The summed E-state index contributed by atoms with van der Waals surface area (Å²) in [5.74, 6) is 3.29. The molecule has 0 aliphatic heterocycles. The summed E-state index contributed by atoms with van der Waals surface area (Å²) in [7, 11) is 0. The average molecular weight is 206 g/mol. The van der Waals surface area contributed by atoms with Gasteiger partial charge in [0.05, 0.1) is 19.5 Å². The molecule has 2 aromatic rings. The van der Waals surface area contributed by atoms with Crippen molar-refractivity contribution < 1.29 is 8.83 Å². The van der Waals surface area contributed by atoms with Gasteiger partial charge in [0.25, 0.3) is 0 Å². The predicted octanol–water partition coefficient (Wildman–Crippen LogP) is 1.38. The zero-order valence-corrected chi connectivity index (χ0v) is 8.40. The molecular formula is C11H14N2O2. The normalized spacial score (nSPS) is 10.8. The van der Waals surface area contributed by atoms with Crippen molar-refractivity contribution in [3.63, 3.8) is 0 Å². The fourth-order valence-corrected chi connectivity index (χ4v) is 1.43. The highest BCUT2D eigenvalue weighted by Crippen LogP contribution is 2.15. The number of rotatable bonds is 4. The minimum absolute atomic E-state index is 0.423. The molecule has 0 fully saturated rings. The first kappa shape index (κ1) is 10.0. The van der Waals surface area contributed by atoms with Crippen LogP contribution in [0, 0.1) is 0 Å². The van der Waals surface area contributed by atoms with Gasteiger partial charge in [0.2, 0.25) is 0 Å². The van der Waals surface area contributed by atoms with Crippen LogP contribution in [0.3, 0.4) is 0 Å². The van der Waals surface area contributed by atoms with Crippen LogP contribution in [0.5, 0.6) is 0 Å². The summed E-state index contributed by atoms with van der Waals surface area (Å²) >= 11 is 0. The van der Waals surface area contributed by atoms with E-state index < -0.39 is 0 Å². The van der Waals surface area contributed by atoms with E-state index in [1.54, 1.807) is 0 Å². The maximum absolute atomic E-state index is 5.46. The van der Waals surface area contributed by atoms with Crippen LogP contribution in [0.1, 0.15) is 23.0 Å². The summed E-state index contributed by atoms with van der Waals surface area (Å²) in [6, 6.07) is 7.57. The van der Waals surface area contributed by atoms with Crippen LogP contribution in [-0.4, -0.2) is 0 Å². The molecule has 0 atom stereocenters. The van der Waals surface area contributed by atoms with Crippen LogP contribution >= 0.6 is 0 Å². The molecule has 2 rings (SSSR count). The SMILES string of the molecule is NCc1ccc(Cc2ccc(CN)o2)o1. The van der Waals surface area contributed by atoms with Gasteiger partial charge in [0.1, 0.15) is 23.0 Å². The lowest BCUT2D eigenvalue weighted by atomic mass is 10.3. The molecule has 0 amide bonds. The smallest absolute Gasteiger partial charge is 0.117 e. The first-order valence-corrected chi connectivity index (χ1v) is 4.87. The van der Waals surface area contributed by atoms with Gasteiger partial charge in [-0.3, -0.25) is 0 Å². The van der Waals surface area contributed by atoms with Gasteiger partial charge in [-0.15, -0.1) is 0 Å². The van der Waals surface area contributed by atoms with Crippen molar-refractivity contribution in [2.45, 2.75) is 19.5 Å². The van der Waals surface area contributed by atoms with E-state index in [2.05, 4.69) is 0 Å². The topological polar surface area (TPSA) is 78.3 Å². The standard InChI is InChI=1S/C11H14N2O2/c12-6-10-3-1-8(14-10)5-9-2-4-11(7-13)15-9/h1-4H,5-7,12-13H2. The van der Waals surface area contributed by atoms with Gasteiger partial charge in [0.15, 0.2) is 0 Å². The summed E-state index contributed by atoms with van der Waals surface area (Å²) in [6.45, 7) is 0.846. The van der Waals surface area contributed by atoms with Crippen LogP contribution in [0.4, 0.5) is 0 Å². The summed E-state index contributed by atoms with van der Waals surface area (Å²) in [5, 5.41) is 0. The Balaban J connectivity index is 2.07. The Labute approximate surface area is 87.9 Å². The second-order valence-electron chi connectivity index (χ2n) is 3.32. The van der Waals surface area contributed by atoms with Crippen molar-refractivity contribution in [1.82, 2.24) is 0 Å². The van der Waals surface area contributed by atoms with Crippen LogP contribution in [0.25, 0.3) is 0 Å².